The van der Waals surface area contributed by atoms with Crippen LogP contribution in [-0.2, 0) is 11.3 Å². The van der Waals surface area contributed by atoms with Crippen LogP contribution in [0.5, 0.6) is 5.88 Å². The minimum absolute atomic E-state index is 0. The fraction of sp³-hybridized carbons (Fsp3) is 0.600. The number of pyridine rings is 1. The van der Waals surface area contributed by atoms with Crippen molar-refractivity contribution in [3.05, 3.63) is 23.9 Å². The van der Waals surface area contributed by atoms with Crippen LogP contribution in [0.4, 0.5) is 0 Å². The second-order valence-electron chi connectivity index (χ2n) is 5.39. The lowest BCUT2D eigenvalue weighted by Gasteiger charge is -2.22. The normalized spacial score (nSPS) is 16.7. The Kier molecular flexibility index (Phi) is 7.47. The van der Waals surface area contributed by atoms with Gasteiger partial charge in [-0.05, 0) is 44.2 Å². The maximum atomic E-state index is 11.4. The van der Waals surface area contributed by atoms with Crippen molar-refractivity contribution in [1.82, 2.24) is 10.3 Å². The van der Waals surface area contributed by atoms with E-state index in [0.29, 0.717) is 12.4 Å². The molecule has 0 bridgehead atoms. The summed E-state index contributed by atoms with van der Waals surface area (Å²) in [5.74, 6) is 0.487. The fourth-order valence-electron chi connectivity index (χ4n) is 2.33. The zero-order valence-corrected chi connectivity index (χ0v) is 13.2. The van der Waals surface area contributed by atoms with Crippen LogP contribution in [0.15, 0.2) is 18.3 Å². The Balaban J connectivity index is 0.00000220. The molecule has 1 aromatic rings. The van der Waals surface area contributed by atoms with E-state index in [1.165, 1.54) is 19.3 Å². The minimum Gasteiger partial charge on any atom is -0.474 e. The number of carbonyl (C=O) groups is 1. The van der Waals surface area contributed by atoms with E-state index in [0.717, 1.165) is 18.4 Å². The van der Waals surface area contributed by atoms with Crippen molar-refractivity contribution in [1.29, 1.82) is 0 Å². The number of aromatic nitrogens is 1. The molecule has 21 heavy (non-hydrogen) atoms. The van der Waals surface area contributed by atoms with Gasteiger partial charge in [0, 0.05) is 18.8 Å². The Hall–Kier alpha value is -1.33. The molecule has 1 aromatic heterocycles. The average molecular weight is 314 g/mol. The summed E-state index contributed by atoms with van der Waals surface area (Å²) in [6.07, 6.45) is 7.97. The molecule has 1 aliphatic carbocycles. The summed E-state index contributed by atoms with van der Waals surface area (Å²) in [4.78, 5) is 15.7. The molecule has 1 saturated carbocycles. The van der Waals surface area contributed by atoms with E-state index >= 15 is 0 Å². The highest BCUT2D eigenvalue weighted by Crippen LogP contribution is 2.22. The van der Waals surface area contributed by atoms with E-state index in [9.17, 15) is 4.79 Å². The Labute approximate surface area is 132 Å². The molecule has 0 saturated heterocycles. The van der Waals surface area contributed by atoms with Crippen molar-refractivity contribution in [2.24, 2.45) is 5.73 Å². The number of ether oxygens (including phenoxy) is 1. The third-order valence-corrected chi connectivity index (χ3v) is 3.52. The van der Waals surface area contributed by atoms with Crippen LogP contribution >= 0.6 is 12.4 Å². The van der Waals surface area contributed by atoms with Gasteiger partial charge in [-0.25, -0.2) is 4.98 Å². The first kappa shape index (κ1) is 17.7. The third kappa shape index (κ3) is 5.89. The number of carbonyl (C=O) groups excluding carboxylic acids is 1. The Morgan fingerprint density at radius 2 is 2.19 bits per heavy atom. The molecular formula is C15H24ClN3O2. The van der Waals surface area contributed by atoms with E-state index < -0.39 is 6.04 Å². The smallest absolute Gasteiger partial charge is 0.236 e. The Morgan fingerprint density at radius 1 is 1.48 bits per heavy atom. The number of nitrogens with two attached hydrogens (primary N) is 1. The van der Waals surface area contributed by atoms with Crippen molar-refractivity contribution in [2.75, 3.05) is 0 Å². The van der Waals surface area contributed by atoms with Gasteiger partial charge in [0.25, 0.3) is 0 Å². The fourth-order valence-corrected chi connectivity index (χ4v) is 2.33. The summed E-state index contributed by atoms with van der Waals surface area (Å²) in [5, 5.41) is 2.78. The molecule has 3 N–H and O–H groups in total. The van der Waals surface area contributed by atoms with Crippen LogP contribution in [-0.4, -0.2) is 23.0 Å². The molecule has 1 unspecified atom stereocenters. The van der Waals surface area contributed by atoms with Crippen molar-refractivity contribution < 1.29 is 9.53 Å². The molecule has 5 nitrogen and oxygen atoms in total. The van der Waals surface area contributed by atoms with Crippen molar-refractivity contribution in [2.45, 2.75) is 57.7 Å². The molecule has 1 aliphatic rings. The van der Waals surface area contributed by atoms with Gasteiger partial charge >= 0.3 is 0 Å². The predicted molar refractivity (Wildman–Crippen MR) is 84.5 cm³/mol. The quantitative estimate of drug-likeness (QED) is 0.873. The maximum Gasteiger partial charge on any atom is 0.236 e. The summed E-state index contributed by atoms with van der Waals surface area (Å²) in [5.41, 5.74) is 6.48. The Bertz CT molecular complexity index is 448. The van der Waals surface area contributed by atoms with Crippen molar-refractivity contribution >= 4 is 18.3 Å². The molecule has 6 heteroatoms. The first-order chi connectivity index (χ1) is 9.65. The van der Waals surface area contributed by atoms with Gasteiger partial charge in [0.05, 0.1) is 6.04 Å². The number of hydrogen-bond donors (Lipinski definition) is 2. The summed E-state index contributed by atoms with van der Waals surface area (Å²) in [6.45, 7) is 2.11. The van der Waals surface area contributed by atoms with Crippen LogP contribution in [0.25, 0.3) is 0 Å². The molecule has 0 aliphatic heterocycles. The summed E-state index contributed by atoms with van der Waals surface area (Å²) < 4.78 is 5.90. The molecule has 1 amide bonds. The van der Waals surface area contributed by atoms with Crippen LogP contribution in [0, 0.1) is 0 Å². The Morgan fingerprint density at radius 3 is 2.86 bits per heavy atom. The number of rotatable bonds is 5. The molecule has 1 fully saturated rings. The average Bonchev–Trinajstić information content (AvgIpc) is 2.46. The largest absolute Gasteiger partial charge is 0.474 e. The first-order valence-corrected chi connectivity index (χ1v) is 7.30. The van der Waals surface area contributed by atoms with E-state index in [1.54, 1.807) is 13.1 Å². The van der Waals surface area contributed by atoms with Crippen LogP contribution in [0.2, 0.25) is 0 Å². The highest BCUT2D eigenvalue weighted by molar-refractivity contribution is 5.85. The molecule has 0 radical (unpaired) electrons. The lowest BCUT2D eigenvalue weighted by molar-refractivity contribution is -0.122. The third-order valence-electron chi connectivity index (χ3n) is 3.52. The topological polar surface area (TPSA) is 77.2 Å². The van der Waals surface area contributed by atoms with E-state index in [4.69, 9.17) is 10.5 Å². The van der Waals surface area contributed by atoms with Gasteiger partial charge in [-0.2, -0.15) is 0 Å². The first-order valence-electron chi connectivity index (χ1n) is 7.30. The highest BCUT2D eigenvalue weighted by atomic mass is 35.5. The van der Waals surface area contributed by atoms with E-state index in [-0.39, 0.29) is 24.4 Å². The summed E-state index contributed by atoms with van der Waals surface area (Å²) in [6, 6.07) is 3.26. The number of nitrogens with one attached hydrogen (secondary N) is 1. The van der Waals surface area contributed by atoms with Crippen molar-refractivity contribution in [3.8, 4) is 5.88 Å². The van der Waals surface area contributed by atoms with Crippen LogP contribution in [0.3, 0.4) is 0 Å². The van der Waals surface area contributed by atoms with Gasteiger partial charge < -0.3 is 15.8 Å². The summed E-state index contributed by atoms with van der Waals surface area (Å²) >= 11 is 0. The lowest BCUT2D eigenvalue weighted by Crippen LogP contribution is -2.37. The van der Waals surface area contributed by atoms with Gasteiger partial charge in [0.1, 0.15) is 6.10 Å². The summed E-state index contributed by atoms with van der Waals surface area (Å²) in [7, 11) is 0. The van der Waals surface area contributed by atoms with Gasteiger partial charge in [0.2, 0.25) is 11.8 Å². The lowest BCUT2D eigenvalue weighted by atomic mass is 9.98. The molecule has 1 heterocycles. The number of halogens is 1. The van der Waals surface area contributed by atoms with Gasteiger partial charge in [-0.15, -0.1) is 12.4 Å². The van der Waals surface area contributed by atoms with Crippen LogP contribution in [0.1, 0.15) is 44.6 Å². The monoisotopic (exact) mass is 313 g/mol. The minimum atomic E-state index is -0.491. The number of hydrogen-bond acceptors (Lipinski definition) is 4. The zero-order valence-electron chi connectivity index (χ0n) is 12.4. The second-order valence-corrected chi connectivity index (χ2v) is 5.39. The van der Waals surface area contributed by atoms with Gasteiger partial charge in [-0.3, -0.25) is 4.79 Å². The molecule has 118 valence electrons. The van der Waals surface area contributed by atoms with Crippen LogP contribution < -0.4 is 15.8 Å². The molecule has 2 rings (SSSR count). The highest BCUT2D eigenvalue weighted by Gasteiger charge is 2.15. The standard InChI is InChI=1S/C15H23N3O2.ClH/c1-11(16)15(19)18-10-12-7-8-17-14(9-12)20-13-5-3-2-4-6-13;/h7-9,11,13H,2-6,10,16H2,1H3,(H,18,19);1H. The zero-order chi connectivity index (χ0) is 14.4. The van der Waals surface area contributed by atoms with Crippen molar-refractivity contribution in [3.63, 3.8) is 0 Å². The molecule has 1 atom stereocenters. The molecule has 0 spiro atoms. The number of amides is 1. The van der Waals surface area contributed by atoms with Gasteiger partial charge in [0.15, 0.2) is 0 Å². The molecular weight excluding hydrogens is 290 g/mol. The maximum absolute atomic E-state index is 11.4. The number of nitrogens with zero attached hydrogens (tertiary/aromatic N) is 1. The van der Waals surface area contributed by atoms with E-state index in [1.807, 2.05) is 12.1 Å². The second kappa shape index (κ2) is 8.85. The SMILES string of the molecule is CC(N)C(=O)NCc1ccnc(OC2CCCCC2)c1.Cl. The molecule has 0 aromatic carbocycles. The van der Waals surface area contributed by atoms with Gasteiger partial charge in [-0.1, -0.05) is 6.42 Å². The van der Waals surface area contributed by atoms with E-state index in [2.05, 4.69) is 10.3 Å². The predicted octanol–water partition coefficient (Wildman–Crippen LogP) is 2.18.